The number of benzene rings is 2. The molecule has 318 valence electrons. The molecule has 4 atom stereocenters. The van der Waals surface area contributed by atoms with E-state index >= 15 is 0 Å². The summed E-state index contributed by atoms with van der Waals surface area (Å²) in [5.74, 6) is 0.581. The number of imidazole rings is 1. The lowest BCUT2D eigenvalue weighted by atomic mass is 10.1. The van der Waals surface area contributed by atoms with Gasteiger partial charge in [-0.15, -0.1) is 10.2 Å². The van der Waals surface area contributed by atoms with Gasteiger partial charge in [0.1, 0.15) is 24.5 Å². The topological polar surface area (TPSA) is 234 Å². The number of aromatic nitrogens is 6. The summed E-state index contributed by atoms with van der Waals surface area (Å²) in [6, 6.07) is 13.7. The molecule has 20 heteroatoms. The second-order valence-electron chi connectivity index (χ2n) is 15.3. The van der Waals surface area contributed by atoms with Crippen LogP contribution in [0.1, 0.15) is 60.1 Å². The van der Waals surface area contributed by atoms with E-state index in [1.165, 1.54) is 6.92 Å². The molecule has 0 spiro atoms. The predicted octanol–water partition coefficient (Wildman–Crippen LogP) is 5.70. The molecule has 5 aromatic rings. The van der Waals surface area contributed by atoms with Crippen molar-refractivity contribution in [1.29, 1.82) is 0 Å². The average Bonchev–Trinajstić information content (AvgIpc) is 3.98. The number of fused-ring (bicyclic) bond motifs is 1. The third kappa shape index (κ3) is 9.66. The second kappa shape index (κ2) is 18.9. The molecule has 2 saturated heterocycles. The fourth-order valence-corrected chi connectivity index (χ4v) is 9.13. The van der Waals surface area contributed by atoms with Crippen molar-refractivity contribution in [3.63, 3.8) is 0 Å². The highest BCUT2D eigenvalue weighted by molar-refractivity contribution is 7.44. The van der Waals surface area contributed by atoms with Crippen LogP contribution >= 0.6 is 8.53 Å². The minimum Gasteiger partial charge on any atom is -0.416 e. The number of amides is 1. The van der Waals surface area contributed by atoms with Gasteiger partial charge in [-0.05, 0) is 83.0 Å². The van der Waals surface area contributed by atoms with Crippen molar-refractivity contribution in [2.24, 2.45) is 5.73 Å². The SMILES string of the molecule is [C-]#[N+]CCOP(O[C@@H]1C[C@H](n2cnc3c(N)nc(Nc4cc(-c5nnc(-c6ccc(N7CCC(N)CC7)cc6)o5)ccc4NC(C)=O)nc32)O[C@@H]1CO)N(C(C)C)C(C)C. The number of nitrogens with zero attached hydrogens (tertiary/aromatic N) is 9. The number of ether oxygens (including phenoxy) is 1. The molecule has 2 aliphatic heterocycles. The van der Waals surface area contributed by atoms with Crippen LogP contribution < -0.4 is 27.0 Å². The van der Waals surface area contributed by atoms with Crippen LogP contribution in [0.3, 0.4) is 0 Å². The minimum atomic E-state index is -1.58. The van der Waals surface area contributed by atoms with E-state index < -0.39 is 27.0 Å². The largest absolute Gasteiger partial charge is 0.416 e. The Bertz CT molecular complexity index is 2280. The number of hydrogen-bond donors (Lipinski definition) is 5. The van der Waals surface area contributed by atoms with Gasteiger partial charge in [-0.25, -0.2) is 16.2 Å². The van der Waals surface area contributed by atoms with E-state index in [1.807, 2.05) is 24.3 Å². The van der Waals surface area contributed by atoms with Crippen molar-refractivity contribution >= 4 is 54.4 Å². The number of aliphatic hydroxyl groups is 1. The summed E-state index contributed by atoms with van der Waals surface area (Å²) in [5, 5.41) is 25.1. The number of carbonyl (C=O) groups excluding carboxylic acids is 1. The molecule has 7 rings (SSSR count). The molecule has 0 bridgehead atoms. The number of nitrogens with two attached hydrogens (primary N) is 2. The van der Waals surface area contributed by atoms with Crippen LogP contribution in [0.5, 0.6) is 0 Å². The van der Waals surface area contributed by atoms with Crippen LogP contribution in [0.25, 0.3) is 38.9 Å². The fraction of sp³-hybridized carbons (Fsp3) is 0.475. The normalized spacial score (nSPS) is 19.1. The molecule has 5 heterocycles. The van der Waals surface area contributed by atoms with Crippen molar-refractivity contribution < 1.29 is 28.1 Å². The van der Waals surface area contributed by atoms with E-state index in [0.29, 0.717) is 40.4 Å². The van der Waals surface area contributed by atoms with Crippen molar-refractivity contribution in [2.45, 2.75) is 90.4 Å². The lowest BCUT2D eigenvalue weighted by Crippen LogP contribution is -2.39. The molecule has 1 unspecified atom stereocenters. The summed E-state index contributed by atoms with van der Waals surface area (Å²) in [6.07, 6.45) is 1.99. The van der Waals surface area contributed by atoms with Gasteiger partial charge in [0.05, 0.1) is 30.4 Å². The number of aliphatic hydroxyl groups excluding tert-OH is 1. The number of nitrogen functional groups attached to an aromatic ring is 1. The summed E-state index contributed by atoms with van der Waals surface area (Å²) in [6.45, 7) is 18.8. The van der Waals surface area contributed by atoms with Crippen LogP contribution in [0, 0.1) is 6.57 Å². The Morgan fingerprint density at radius 2 is 1.77 bits per heavy atom. The van der Waals surface area contributed by atoms with Gasteiger partial charge in [-0.3, -0.25) is 9.36 Å². The lowest BCUT2D eigenvalue weighted by molar-refractivity contribution is -0.114. The summed E-state index contributed by atoms with van der Waals surface area (Å²) in [5.41, 5.74) is 16.6. The Balaban J connectivity index is 1.12. The van der Waals surface area contributed by atoms with E-state index in [9.17, 15) is 9.90 Å². The zero-order chi connectivity index (χ0) is 42.5. The summed E-state index contributed by atoms with van der Waals surface area (Å²) in [7, 11) is -1.58. The van der Waals surface area contributed by atoms with Crippen molar-refractivity contribution in [1.82, 2.24) is 34.4 Å². The molecule has 0 saturated carbocycles. The van der Waals surface area contributed by atoms with Crippen LogP contribution in [-0.4, -0.2) is 109 Å². The van der Waals surface area contributed by atoms with E-state index in [4.69, 9.17) is 41.2 Å². The van der Waals surface area contributed by atoms with Crippen molar-refractivity contribution in [2.75, 3.05) is 54.1 Å². The Morgan fingerprint density at radius 3 is 2.43 bits per heavy atom. The quantitative estimate of drug-likeness (QED) is 0.0455. The lowest BCUT2D eigenvalue weighted by Gasteiger charge is -2.37. The Kier molecular flexibility index (Phi) is 13.5. The first-order valence-corrected chi connectivity index (χ1v) is 21.2. The molecule has 0 radical (unpaired) electrons. The van der Waals surface area contributed by atoms with Gasteiger partial charge < -0.3 is 55.2 Å². The smallest absolute Gasteiger partial charge is 0.259 e. The third-order valence-corrected chi connectivity index (χ3v) is 12.4. The van der Waals surface area contributed by atoms with Crippen LogP contribution in [0.4, 0.5) is 28.8 Å². The van der Waals surface area contributed by atoms with Gasteiger partial charge in [-0.1, -0.05) is 0 Å². The zero-order valence-electron chi connectivity index (χ0n) is 34.4. The molecule has 19 nitrogen and oxygen atoms in total. The second-order valence-corrected chi connectivity index (χ2v) is 16.7. The number of nitrogens with one attached hydrogen (secondary N) is 2. The molecule has 2 aliphatic rings. The van der Waals surface area contributed by atoms with Gasteiger partial charge in [0, 0.05) is 61.4 Å². The number of hydrogen-bond acceptors (Lipinski definition) is 16. The first kappa shape index (κ1) is 42.8. The molecule has 60 heavy (non-hydrogen) atoms. The number of anilines is 5. The van der Waals surface area contributed by atoms with Crippen LogP contribution in [-0.2, 0) is 18.6 Å². The third-order valence-electron chi connectivity index (χ3n) is 10.3. The van der Waals surface area contributed by atoms with E-state index in [0.717, 1.165) is 37.2 Å². The molecule has 0 aliphatic carbocycles. The van der Waals surface area contributed by atoms with E-state index in [-0.39, 0.29) is 61.4 Å². The molecule has 2 aromatic carbocycles. The van der Waals surface area contributed by atoms with Gasteiger partial charge in [0.25, 0.3) is 8.53 Å². The monoisotopic (exact) mass is 841 g/mol. The standard InChI is InChI=1S/C40H52N13O6P/c1-23(2)53(24(3)4)60(56-18-15-43-6)59-32-20-34(57-33(32)21-54)52-22-44-35-36(42)47-40(48-37(35)52)46-31-19-27(9-12-30(31)45-25(5)55)39-50-49-38(58-39)26-7-10-29(11-8-26)51-16-13-28(41)14-17-51/h7-12,19,22-24,28,32-34,54H,13-18,20-21,41H2,1-5H3,(H,45,55)(H3,42,46,47,48)/t32-,33-,34-,60?/m1/s1. The molecular formula is C40H52N13O6P. The van der Waals surface area contributed by atoms with E-state index in [1.54, 1.807) is 29.1 Å². The molecule has 1 amide bonds. The number of rotatable bonds is 16. The molecule has 2 fully saturated rings. The molecule has 7 N–H and O–H groups in total. The highest BCUT2D eigenvalue weighted by Crippen LogP contribution is 2.50. The Morgan fingerprint density at radius 1 is 1.07 bits per heavy atom. The van der Waals surface area contributed by atoms with Gasteiger partial charge in [-0.2, -0.15) is 9.97 Å². The number of piperidine rings is 1. The van der Waals surface area contributed by atoms with Gasteiger partial charge >= 0.3 is 0 Å². The first-order valence-electron chi connectivity index (χ1n) is 20.0. The average molecular weight is 842 g/mol. The summed E-state index contributed by atoms with van der Waals surface area (Å²) >= 11 is 0. The number of carbonyl (C=O) groups is 1. The molecule has 3 aromatic heterocycles. The highest BCUT2D eigenvalue weighted by Gasteiger charge is 2.41. The van der Waals surface area contributed by atoms with Gasteiger partial charge in [0.15, 0.2) is 11.5 Å². The van der Waals surface area contributed by atoms with Crippen LogP contribution in [0.15, 0.2) is 53.2 Å². The van der Waals surface area contributed by atoms with E-state index in [2.05, 4.69) is 72.9 Å². The zero-order valence-corrected chi connectivity index (χ0v) is 35.2. The Hall–Kier alpha value is -5.32. The van der Waals surface area contributed by atoms with Crippen molar-refractivity contribution in [3.8, 4) is 22.9 Å². The maximum absolute atomic E-state index is 12.3. The summed E-state index contributed by atoms with van der Waals surface area (Å²) in [4.78, 5) is 31.8. The molecular weight excluding hydrogens is 789 g/mol. The predicted molar refractivity (Wildman–Crippen MR) is 229 cm³/mol. The fourth-order valence-electron chi connectivity index (χ4n) is 7.39. The highest BCUT2D eigenvalue weighted by atomic mass is 31.2. The van der Waals surface area contributed by atoms with Crippen LogP contribution in [0.2, 0.25) is 0 Å². The minimum absolute atomic E-state index is 0.0998. The summed E-state index contributed by atoms with van der Waals surface area (Å²) < 4.78 is 29.1. The maximum Gasteiger partial charge on any atom is 0.259 e. The van der Waals surface area contributed by atoms with Crippen molar-refractivity contribution in [3.05, 3.63) is 60.2 Å². The Labute approximate surface area is 349 Å². The van der Waals surface area contributed by atoms with Gasteiger partial charge in [0.2, 0.25) is 30.2 Å². The maximum atomic E-state index is 12.3. The first-order chi connectivity index (χ1) is 28.9.